The van der Waals surface area contributed by atoms with Crippen LogP contribution in [0.1, 0.15) is 24.6 Å². The molecular formula is C15H19ClN4O2. The van der Waals surface area contributed by atoms with Crippen molar-refractivity contribution in [3.8, 4) is 5.88 Å². The first kappa shape index (κ1) is 15.2. The first-order valence-corrected chi connectivity index (χ1v) is 7.83. The summed E-state index contributed by atoms with van der Waals surface area (Å²) in [5.41, 5.74) is 0. The Morgan fingerprint density at radius 2 is 2.41 bits per heavy atom. The van der Waals surface area contributed by atoms with Gasteiger partial charge < -0.3 is 9.26 Å². The molecule has 0 bridgehead atoms. The van der Waals surface area contributed by atoms with Crippen molar-refractivity contribution in [1.29, 1.82) is 0 Å². The lowest BCUT2D eigenvalue weighted by molar-refractivity contribution is 0.120. The third-order valence-electron chi connectivity index (χ3n) is 3.72. The fraction of sp³-hybridized carbons (Fsp3) is 0.533. The summed E-state index contributed by atoms with van der Waals surface area (Å²) in [5, 5.41) is 4.51. The lowest BCUT2D eigenvalue weighted by Gasteiger charge is -2.31. The largest absolute Gasteiger partial charge is 0.476 e. The van der Waals surface area contributed by atoms with Gasteiger partial charge in [0.1, 0.15) is 5.02 Å². The van der Waals surface area contributed by atoms with Gasteiger partial charge in [-0.15, -0.1) is 0 Å². The second-order valence-electron chi connectivity index (χ2n) is 5.57. The van der Waals surface area contributed by atoms with Gasteiger partial charge in [-0.3, -0.25) is 4.90 Å². The number of rotatable bonds is 5. The summed E-state index contributed by atoms with van der Waals surface area (Å²) < 4.78 is 10.8. The number of likely N-dealkylation sites (tertiary alicyclic amines) is 1. The van der Waals surface area contributed by atoms with Gasteiger partial charge in [0.2, 0.25) is 11.8 Å². The molecule has 1 atom stereocenters. The molecule has 0 aliphatic carbocycles. The summed E-state index contributed by atoms with van der Waals surface area (Å²) in [6, 6.07) is 3.58. The van der Waals surface area contributed by atoms with E-state index in [0.717, 1.165) is 38.3 Å². The normalized spacial score (nSPS) is 19.3. The number of halogens is 1. The molecule has 6 nitrogen and oxygen atoms in total. The van der Waals surface area contributed by atoms with Gasteiger partial charge in [0, 0.05) is 25.6 Å². The highest BCUT2D eigenvalue weighted by Gasteiger charge is 2.22. The minimum absolute atomic E-state index is 0.458. The Hall–Kier alpha value is -1.66. The van der Waals surface area contributed by atoms with Crippen molar-refractivity contribution < 1.29 is 9.26 Å². The van der Waals surface area contributed by atoms with Crippen LogP contribution in [0.15, 0.2) is 22.9 Å². The zero-order chi connectivity index (χ0) is 15.4. The van der Waals surface area contributed by atoms with Crippen molar-refractivity contribution in [1.82, 2.24) is 20.0 Å². The molecule has 0 radical (unpaired) electrons. The average molecular weight is 323 g/mol. The predicted molar refractivity (Wildman–Crippen MR) is 81.8 cm³/mol. The highest BCUT2D eigenvalue weighted by Crippen LogP contribution is 2.23. The zero-order valence-corrected chi connectivity index (χ0v) is 13.3. The zero-order valence-electron chi connectivity index (χ0n) is 12.5. The maximum Gasteiger partial charge on any atom is 0.232 e. The number of hydrogen-bond donors (Lipinski definition) is 0. The molecule has 0 spiro atoms. The maximum absolute atomic E-state index is 6.06. The highest BCUT2D eigenvalue weighted by molar-refractivity contribution is 6.31. The van der Waals surface area contributed by atoms with Crippen molar-refractivity contribution >= 4 is 11.6 Å². The average Bonchev–Trinajstić information content (AvgIpc) is 2.92. The van der Waals surface area contributed by atoms with E-state index in [-0.39, 0.29) is 0 Å². The number of ether oxygens (including phenoxy) is 1. The Balaban J connectivity index is 1.51. The van der Waals surface area contributed by atoms with E-state index in [4.69, 9.17) is 20.9 Å². The Bertz CT molecular complexity index is 619. The third kappa shape index (κ3) is 3.96. The summed E-state index contributed by atoms with van der Waals surface area (Å²) >= 11 is 6.06. The summed E-state index contributed by atoms with van der Waals surface area (Å²) in [5.74, 6) is 2.32. The summed E-state index contributed by atoms with van der Waals surface area (Å²) in [6.45, 7) is 5.16. The van der Waals surface area contributed by atoms with Crippen molar-refractivity contribution in [2.24, 2.45) is 5.92 Å². The Morgan fingerprint density at radius 3 is 3.18 bits per heavy atom. The number of aromatic nitrogens is 3. The van der Waals surface area contributed by atoms with Gasteiger partial charge in [0.05, 0.1) is 13.2 Å². The quantitative estimate of drug-likeness (QED) is 0.843. The molecule has 22 heavy (non-hydrogen) atoms. The highest BCUT2D eigenvalue weighted by atomic mass is 35.5. The smallest absolute Gasteiger partial charge is 0.232 e. The molecule has 1 saturated heterocycles. The summed E-state index contributed by atoms with van der Waals surface area (Å²) in [7, 11) is 0. The number of aryl methyl sites for hydroxylation is 1. The van der Waals surface area contributed by atoms with Crippen LogP contribution in [0, 0.1) is 12.8 Å². The van der Waals surface area contributed by atoms with Crippen molar-refractivity contribution in [2.45, 2.75) is 26.3 Å². The molecule has 3 rings (SSSR count). The van der Waals surface area contributed by atoms with Gasteiger partial charge in [0.15, 0.2) is 5.82 Å². The third-order valence-corrected chi connectivity index (χ3v) is 4.01. The molecule has 1 fully saturated rings. The molecule has 0 saturated carbocycles. The van der Waals surface area contributed by atoms with Crippen LogP contribution in [0.25, 0.3) is 0 Å². The maximum atomic E-state index is 6.06. The van der Waals surface area contributed by atoms with E-state index in [1.807, 2.05) is 0 Å². The molecule has 1 aliphatic rings. The van der Waals surface area contributed by atoms with Crippen LogP contribution in [0.5, 0.6) is 5.88 Å². The molecular weight excluding hydrogens is 304 g/mol. The van der Waals surface area contributed by atoms with Crippen molar-refractivity contribution in [3.05, 3.63) is 35.1 Å². The minimum Gasteiger partial charge on any atom is -0.476 e. The SMILES string of the molecule is Cc1nc(CN2CCCC(COc3ncccc3Cl)C2)no1. The van der Waals surface area contributed by atoms with Gasteiger partial charge in [-0.05, 0) is 31.5 Å². The topological polar surface area (TPSA) is 64.3 Å². The molecule has 3 heterocycles. The van der Waals surface area contributed by atoms with E-state index in [1.165, 1.54) is 0 Å². The van der Waals surface area contributed by atoms with E-state index in [9.17, 15) is 0 Å². The standard InChI is InChI=1S/C15H19ClN4O2/c1-11-18-14(19-22-11)9-20-7-3-4-12(8-20)10-21-15-13(16)5-2-6-17-15/h2,5-6,12H,3-4,7-10H2,1H3. The fourth-order valence-electron chi connectivity index (χ4n) is 2.71. The van der Waals surface area contributed by atoms with E-state index < -0.39 is 0 Å². The van der Waals surface area contributed by atoms with Gasteiger partial charge in [-0.2, -0.15) is 4.98 Å². The molecule has 1 aliphatic heterocycles. The van der Waals surface area contributed by atoms with E-state index >= 15 is 0 Å². The first-order valence-electron chi connectivity index (χ1n) is 7.45. The van der Waals surface area contributed by atoms with Crippen LogP contribution in [-0.2, 0) is 6.54 Å². The van der Waals surface area contributed by atoms with Crippen LogP contribution in [0.2, 0.25) is 5.02 Å². The fourth-order valence-corrected chi connectivity index (χ4v) is 2.89. The van der Waals surface area contributed by atoms with E-state index in [2.05, 4.69) is 20.0 Å². The first-order chi connectivity index (χ1) is 10.7. The minimum atomic E-state index is 0.458. The van der Waals surface area contributed by atoms with Gasteiger partial charge in [0.25, 0.3) is 0 Å². The lowest BCUT2D eigenvalue weighted by atomic mass is 9.99. The molecule has 0 amide bonds. The molecule has 1 unspecified atom stereocenters. The van der Waals surface area contributed by atoms with Crippen LogP contribution >= 0.6 is 11.6 Å². The van der Waals surface area contributed by atoms with Crippen LogP contribution in [0.3, 0.4) is 0 Å². The Labute approximate surface area is 134 Å². The van der Waals surface area contributed by atoms with Crippen LogP contribution in [0.4, 0.5) is 0 Å². The van der Waals surface area contributed by atoms with Crippen LogP contribution < -0.4 is 4.74 Å². The number of nitrogens with zero attached hydrogens (tertiary/aromatic N) is 4. The van der Waals surface area contributed by atoms with Gasteiger partial charge in [-0.25, -0.2) is 4.98 Å². The molecule has 7 heteroatoms. The summed E-state index contributed by atoms with van der Waals surface area (Å²) in [6.07, 6.45) is 3.97. The Morgan fingerprint density at radius 1 is 1.50 bits per heavy atom. The molecule has 0 aromatic carbocycles. The number of piperidine rings is 1. The number of pyridine rings is 1. The van der Waals surface area contributed by atoms with E-state index in [0.29, 0.717) is 29.3 Å². The van der Waals surface area contributed by atoms with Crippen molar-refractivity contribution in [2.75, 3.05) is 19.7 Å². The second kappa shape index (κ2) is 7.07. The predicted octanol–water partition coefficient (Wildman–Crippen LogP) is 2.72. The lowest BCUT2D eigenvalue weighted by Crippen LogP contribution is -2.37. The van der Waals surface area contributed by atoms with Crippen LogP contribution in [-0.4, -0.2) is 39.7 Å². The summed E-state index contributed by atoms with van der Waals surface area (Å²) in [4.78, 5) is 10.7. The molecule has 2 aromatic heterocycles. The van der Waals surface area contributed by atoms with E-state index in [1.54, 1.807) is 25.3 Å². The van der Waals surface area contributed by atoms with Gasteiger partial charge in [-0.1, -0.05) is 16.8 Å². The van der Waals surface area contributed by atoms with Crippen molar-refractivity contribution in [3.63, 3.8) is 0 Å². The monoisotopic (exact) mass is 322 g/mol. The van der Waals surface area contributed by atoms with Gasteiger partial charge >= 0.3 is 0 Å². The molecule has 2 aromatic rings. The number of hydrogen-bond acceptors (Lipinski definition) is 6. The second-order valence-corrected chi connectivity index (χ2v) is 5.98. The Kier molecular flexibility index (Phi) is 4.90. The molecule has 118 valence electrons. The molecule has 0 N–H and O–H groups in total.